The second-order valence-corrected chi connectivity index (χ2v) is 2.71. The molecular weight excluding hydrogens is 158 g/mol. The van der Waals surface area contributed by atoms with Crippen molar-refractivity contribution in [2.75, 3.05) is 0 Å². The van der Waals surface area contributed by atoms with Gasteiger partial charge < -0.3 is 18.2 Å². The maximum atomic E-state index is 3.04. The Labute approximate surface area is 112 Å². The fourth-order valence-electron chi connectivity index (χ4n) is 1.25. The molecule has 0 atom stereocenters. The summed E-state index contributed by atoms with van der Waals surface area (Å²) in [5.74, 6) is 0. The Morgan fingerprint density at radius 3 is 2.21 bits per heavy atom. The summed E-state index contributed by atoms with van der Waals surface area (Å²) < 4.78 is 0. The molecule has 0 aromatic heterocycles. The van der Waals surface area contributed by atoms with Crippen molar-refractivity contribution in [3.05, 3.63) is 42.0 Å². The van der Waals surface area contributed by atoms with Crippen LogP contribution >= 0.6 is 0 Å². The maximum absolute atomic E-state index is 3.04. The molecule has 0 aliphatic heterocycles. The van der Waals surface area contributed by atoms with Crippen LogP contribution in [0.25, 0.3) is 5.57 Å². The summed E-state index contributed by atoms with van der Waals surface area (Å²) in [5, 5.41) is 0. The molecule has 64 valence electrons. The van der Waals surface area contributed by atoms with Gasteiger partial charge in [-0.05, 0) is 6.42 Å². The van der Waals surface area contributed by atoms with Crippen LogP contribution in [0, 0.1) is 12.1 Å². The Morgan fingerprint density at radius 1 is 1.21 bits per heavy atom. The van der Waals surface area contributed by atoms with Gasteiger partial charge in [-0.2, -0.15) is 5.57 Å². The minimum Gasteiger partial charge on any atom is -0.358 e. The molecule has 0 saturated heterocycles. The number of rotatable bonds is 3. The first-order chi connectivity index (χ1) is 5.88. The molecule has 0 N–H and O–H groups in total. The Morgan fingerprint density at radius 2 is 1.79 bits per heavy atom. The molecule has 0 aliphatic carbocycles. The number of benzene rings is 1. The average Bonchev–Trinajstić information content (AvgIpc) is 2.15. The van der Waals surface area contributed by atoms with E-state index in [1.807, 2.05) is 18.2 Å². The molecule has 0 nitrogen and oxygen atoms in total. The fraction of sp³-hybridized carbons (Fsp3) is 0.333. The van der Waals surface area contributed by atoms with Gasteiger partial charge in [0.2, 0.25) is 0 Å². The van der Waals surface area contributed by atoms with Crippen molar-refractivity contribution in [3.8, 4) is 0 Å². The Bertz CT molecular complexity index is 252. The van der Waals surface area contributed by atoms with Crippen molar-refractivity contribution in [1.29, 1.82) is 0 Å². The van der Waals surface area contributed by atoms with E-state index in [-0.39, 0.29) is 37.7 Å². The van der Waals surface area contributed by atoms with Gasteiger partial charge in [0, 0.05) is 0 Å². The molecule has 0 saturated carbocycles. The smallest absolute Gasteiger partial charge is 0.358 e. The van der Waals surface area contributed by atoms with E-state index in [0.717, 1.165) is 12.8 Å². The predicted octanol–water partition coefficient (Wildman–Crippen LogP) is -2.50. The average molecular weight is 172 g/mol. The van der Waals surface area contributed by atoms with Crippen LogP contribution in [0.3, 0.4) is 0 Å². The van der Waals surface area contributed by atoms with Crippen LogP contribution in [-0.4, -0.2) is 0 Å². The normalized spacial score (nSPS) is 10.0. The molecular formula is C12H14Li2. The van der Waals surface area contributed by atoms with Crippen LogP contribution < -0.4 is 37.7 Å². The van der Waals surface area contributed by atoms with Crippen LogP contribution in [0.2, 0.25) is 0 Å². The van der Waals surface area contributed by atoms with Crippen LogP contribution in [0.5, 0.6) is 0 Å². The Hall–Kier alpha value is 0.155. The third-order valence-electron chi connectivity index (χ3n) is 1.85. The first kappa shape index (κ1) is 16.6. The molecule has 1 rings (SSSR count). The van der Waals surface area contributed by atoms with Crippen molar-refractivity contribution in [2.24, 2.45) is 0 Å². The second kappa shape index (κ2) is 9.70. The maximum Gasteiger partial charge on any atom is 1.00 e. The van der Waals surface area contributed by atoms with Gasteiger partial charge >= 0.3 is 37.7 Å². The molecule has 2 heteroatoms. The van der Waals surface area contributed by atoms with Crippen molar-refractivity contribution in [3.63, 3.8) is 0 Å². The molecule has 0 spiro atoms. The minimum atomic E-state index is 0. The molecule has 1 aromatic rings. The third kappa shape index (κ3) is 5.14. The van der Waals surface area contributed by atoms with Gasteiger partial charge in [0.05, 0.1) is 0 Å². The zero-order chi connectivity index (χ0) is 8.81. The van der Waals surface area contributed by atoms with E-state index < -0.39 is 0 Å². The van der Waals surface area contributed by atoms with Gasteiger partial charge in [-0.25, -0.2) is 0 Å². The van der Waals surface area contributed by atoms with Gasteiger partial charge in [0.1, 0.15) is 0 Å². The minimum absolute atomic E-state index is 0. The molecule has 0 aliphatic rings. The van der Waals surface area contributed by atoms with Gasteiger partial charge in [0.25, 0.3) is 0 Å². The van der Waals surface area contributed by atoms with Crippen LogP contribution in [0.4, 0.5) is 0 Å². The zero-order valence-corrected chi connectivity index (χ0v) is 9.72. The second-order valence-electron chi connectivity index (χ2n) is 2.71. The van der Waals surface area contributed by atoms with Crippen LogP contribution in [0.1, 0.15) is 32.3 Å². The molecule has 14 heavy (non-hydrogen) atoms. The quantitative estimate of drug-likeness (QED) is 0.349. The summed E-state index contributed by atoms with van der Waals surface area (Å²) >= 11 is 0. The van der Waals surface area contributed by atoms with E-state index in [0.29, 0.717) is 0 Å². The topological polar surface area (TPSA) is 0 Å². The Kier molecular flexibility index (Phi) is 11.5. The van der Waals surface area contributed by atoms with Crippen LogP contribution in [-0.2, 0) is 0 Å². The first-order valence-electron chi connectivity index (χ1n) is 4.45. The number of allylic oxidation sites excluding steroid dienone is 2. The largest absolute Gasteiger partial charge is 1.00 e. The number of hydrogen-bond donors (Lipinski definition) is 0. The van der Waals surface area contributed by atoms with E-state index >= 15 is 0 Å². The molecule has 0 unspecified atom stereocenters. The molecule has 1 aromatic carbocycles. The fourth-order valence-corrected chi connectivity index (χ4v) is 1.25. The molecule has 0 fully saturated rings. The van der Waals surface area contributed by atoms with Crippen LogP contribution in [0.15, 0.2) is 24.3 Å². The first-order valence-corrected chi connectivity index (χ1v) is 4.45. The van der Waals surface area contributed by atoms with Crippen molar-refractivity contribution >= 4 is 5.57 Å². The standard InChI is InChI=1S/C12H14.2Li/c1-3-8-11(4-2)12-9-6-5-7-10-12;;/h5,8-10H,3-4H2,1-2H3;;/q-2;2*+1/b11-8+;;. The SMILES string of the molecule is CC/C=C(\CC)c1c[c-]c[c-]c1.[Li+].[Li+]. The third-order valence-corrected chi connectivity index (χ3v) is 1.85. The van der Waals surface area contributed by atoms with Crippen molar-refractivity contribution in [2.45, 2.75) is 26.7 Å². The van der Waals surface area contributed by atoms with E-state index in [4.69, 9.17) is 0 Å². The van der Waals surface area contributed by atoms with Gasteiger partial charge in [-0.3, -0.25) is 17.7 Å². The van der Waals surface area contributed by atoms with E-state index in [2.05, 4.69) is 32.1 Å². The summed E-state index contributed by atoms with van der Waals surface area (Å²) in [7, 11) is 0. The predicted molar refractivity (Wildman–Crippen MR) is 52.7 cm³/mol. The summed E-state index contributed by atoms with van der Waals surface area (Å²) in [4.78, 5) is 0. The zero-order valence-electron chi connectivity index (χ0n) is 9.72. The molecule has 0 amide bonds. The summed E-state index contributed by atoms with van der Waals surface area (Å²) in [5.41, 5.74) is 2.65. The summed E-state index contributed by atoms with van der Waals surface area (Å²) in [6, 6.07) is 11.9. The number of hydrogen-bond acceptors (Lipinski definition) is 0. The summed E-state index contributed by atoms with van der Waals surface area (Å²) in [6.45, 7) is 4.33. The van der Waals surface area contributed by atoms with E-state index in [1.54, 1.807) is 0 Å². The monoisotopic (exact) mass is 172 g/mol. The van der Waals surface area contributed by atoms with Crippen molar-refractivity contribution < 1.29 is 37.7 Å². The molecule has 0 radical (unpaired) electrons. The molecule has 0 heterocycles. The Balaban J connectivity index is 0. The van der Waals surface area contributed by atoms with Crippen molar-refractivity contribution in [1.82, 2.24) is 0 Å². The molecule has 0 bridgehead atoms. The van der Waals surface area contributed by atoms with Gasteiger partial charge in [0.15, 0.2) is 0 Å². The van der Waals surface area contributed by atoms with E-state index in [9.17, 15) is 0 Å². The van der Waals surface area contributed by atoms with Gasteiger partial charge in [-0.15, -0.1) is 6.08 Å². The van der Waals surface area contributed by atoms with Gasteiger partial charge in [-0.1, -0.05) is 20.3 Å². The van der Waals surface area contributed by atoms with E-state index in [1.165, 1.54) is 11.1 Å². The summed E-state index contributed by atoms with van der Waals surface area (Å²) in [6.07, 6.45) is 4.44.